The first-order valence-electron chi connectivity index (χ1n) is 8.29. The van der Waals surface area contributed by atoms with Crippen LogP contribution in [0.1, 0.15) is 43.4 Å². The minimum atomic E-state index is -0.959. The van der Waals surface area contributed by atoms with E-state index in [4.69, 9.17) is 4.42 Å². The van der Waals surface area contributed by atoms with E-state index in [0.29, 0.717) is 5.56 Å². The third-order valence-corrected chi connectivity index (χ3v) is 4.36. The molecule has 1 aromatic carbocycles. The molecule has 3 aromatic rings. The predicted octanol–water partition coefficient (Wildman–Crippen LogP) is 3.46. The van der Waals surface area contributed by atoms with Gasteiger partial charge in [0.15, 0.2) is 5.76 Å². The number of rotatable bonds is 5. The van der Waals surface area contributed by atoms with Crippen LogP contribution in [-0.2, 0) is 0 Å². The van der Waals surface area contributed by atoms with E-state index < -0.39 is 11.9 Å². The highest BCUT2D eigenvalue weighted by atomic mass is 16.4. The third kappa shape index (κ3) is 3.52. The molecule has 7 nitrogen and oxygen atoms in total. The third-order valence-electron chi connectivity index (χ3n) is 4.36. The van der Waals surface area contributed by atoms with Gasteiger partial charge in [0.25, 0.3) is 0 Å². The van der Waals surface area contributed by atoms with Gasteiger partial charge in [0, 0.05) is 22.6 Å². The fourth-order valence-corrected chi connectivity index (χ4v) is 3.01. The molecular weight excluding hydrogens is 346 g/mol. The van der Waals surface area contributed by atoms with Gasteiger partial charge >= 0.3 is 11.9 Å². The Balaban J connectivity index is 1.90. The summed E-state index contributed by atoms with van der Waals surface area (Å²) in [6.45, 7) is 5.63. The van der Waals surface area contributed by atoms with E-state index >= 15 is 0 Å². The second-order valence-corrected chi connectivity index (χ2v) is 6.09. The molecule has 7 heteroatoms. The van der Waals surface area contributed by atoms with E-state index in [2.05, 4.69) is 10.5 Å². The summed E-state index contributed by atoms with van der Waals surface area (Å²) in [6, 6.07) is 10.3. The van der Waals surface area contributed by atoms with Gasteiger partial charge in [0.1, 0.15) is 0 Å². The molecule has 0 saturated heterocycles. The highest BCUT2D eigenvalue weighted by Gasteiger charge is 2.15. The molecule has 0 unspecified atom stereocenters. The summed E-state index contributed by atoms with van der Waals surface area (Å²) in [5, 5.41) is 13.3. The Morgan fingerprint density at radius 1 is 1.19 bits per heavy atom. The Morgan fingerprint density at radius 2 is 1.96 bits per heavy atom. The topological polar surface area (TPSA) is 96.8 Å². The van der Waals surface area contributed by atoms with Gasteiger partial charge in [-0.25, -0.2) is 10.2 Å². The lowest BCUT2D eigenvalue weighted by molar-refractivity contribution is 0.0695. The average Bonchev–Trinajstić information content (AvgIpc) is 3.24. The lowest BCUT2D eigenvalue weighted by Gasteiger charge is -2.14. The lowest BCUT2D eigenvalue weighted by atomic mass is 10.1. The molecule has 1 amide bonds. The summed E-state index contributed by atoms with van der Waals surface area (Å²) in [6.07, 6.45) is 2.97. The number of furan rings is 1. The number of aryl methyl sites for hydroxylation is 1. The number of amides is 1. The molecule has 0 atom stereocenters. The quantitative estimate of drug-likeness (QED) is 0.534. The van der Waals surface area contributed by atoms with E-state index in [9.17, 15) is 14.7 Å². The monoisotopic (exact) mass is 365 g/mol. The summed E-state index contributed by atoms with van der Waals surface area (Å²) >= 11 is 0. The van der Waals surface area contributed by atoms with Crippen molar-refractivity contribution in [2.75, 3.05) is 0 Å². The van der Waals surface area contributed by atoms with Crippen molar-refractivity contribution < 1.29 is 19.1 Å². The summed E-state index contributed by atoms with van der Waals surface area (Å²) < 4.78 is 6.98. The second-order valence-electron chi connectivity index (χ2n) is 6.09. The number of carboxylic acid groups (broad SMARTS) is 1. The predicted molar refractivity (Wildman–Crippen MR) is 101 cm³/mol. The van der Waals surface area contributed by atoms with Gasteiger partial charge < -0.3 is 14.1 Å². The summed E-state index contributed by atoms with van der Waals surface area (Å²) in [7, 11) is 0. The van der Waals surface area contributed by atoms with E-state index in [1.165, 1.54) is 6.26 Å². The molecule has 0 aliphatic carbocycles. The largest absolute Gasteiger partial charge is 0.478 e. The summed E-state index contributed by atoms with van der Waals surface area (Å²) in [5.74, 6) is -1.21. The number of aromatic carboxylic acids is 1. The molecule has 0 fully saturated rings. The van der Waals surface area contributed by atoms with Crippen LogP contribution in [0.15, 0.2) is 52.2 Å². The highest BCUT2D eigenvalue weighted by molar-refractivity contribution is 5.92. The average molecular weight is 365 g/mol. The molecule has 2 N–H and O–H groups in total. The van der Waals surface area contributed by atoms with Gasteiger partial charge in [-0.15, -0.1) is 0 Å². The van der Waals surface area contributed by atoms with Crippen LogP contribution in [-0.4, -0.2) is 27.8 Å². The van der Waals surface area contributed by atoms with Crippen LogP contribution in [0.2, 0.25) is 0 Å². The van der Waals surface area contributed by atoms with Crippen LogP contribution in [0.4, 0.5) is 0 Å². The molecule has 0 radical (unpaired) electrons. The van der Waals surface area contributed by atoms with Crippen molar-refractivity contribution in [2.24, 2.45) is 5.10 Å². The molecule has 3 rings (SSSR count). The number of carboxylic acids is 1. The molecule has 2 heterocycles. The fraction of sp³-hybridized carbons (Fsp3) is 0.150. The molecule has 138 valence electrons. The van der Waals surface area contributed by atoms with Crippen molar-refractivity contribution in [2.45, 2.75) is 20.8 Å². The van der Waals surface area contributed by atoms with Crippen LogP contribution >= 0.6 is 0 Å². The first kappa shape index (κ1) is 18.2. The van der Waals surface area contributed by atoms with Crippen molar-refractivity contribution in [1.82, 2.24) is 9.99 Å². The van der Waals surface area contributed by atoms with Crippen LogP contribution in [0.25, 0.3) is 5.69 Å². The van der Waals surface area contributed by atoms with Gasteiger partial charge in [0.05, 0.1) is 18.0 Å². The van der Waals surface area contributed by atoms with Gasteiger partial charge in [-0.3, -0.25) is 4.79 Å². The standard InChI is InChI=1S/C20H19N3O4/c1-12-10-15(11-21-22-19(24)18-8-5-9-27-18)14(3)23(12)17-7-4-6-16(13(17)2)20(25)26/h4-11H,1-3H3,(H,22,24)(H,25,26). The van der Waals surface area contributed by atoms with Crippen LogP contribution in [0, 0.1) is 20.8 Å². The molecule has 0 spiro atoms. The fourth-order valence-electron chi connectivity index (χ4n) is 3.01. The van der Waals surface area contributed by atoms with E-state index in [0.717, 1.165) is 22.6 Å². The summed E-state index contributed by atoms with van der Waals surface area (Å²) in [4.78, 5) is 23.2. The molecule has 0 aliphatic rings. The maximum absolute atomic E-state index is 11.8. The zero-order valence-corrected chi connectivity index (χ0v) is 15.2. The Bertz CT molecular complexity index is 1030. The normalized spacial score (nSPS) is 11.1. The van der Waals surface area contributed by atoms with Gasteiger partial charge in [0.2, 0.25) is 0 Å². The maximum Gasteiger partial charge on any atom is 0.336 e. The zero-order chi connectivity index (χ0) is 19.6. The number of benzene rings is 1. The van der Waals surface area contributed by atoms with E-state index in [1.54, 1.807) is 37.4 Å². The molecule has 0 saturated carbocycles. The first-order chi connectivity index (χ1) is 12.9. The van der Waals surface area contributed by atoms with Crippen molar-refractivity contribution in [3.05, 3.63) is 76.5 Å². The van der Waals surface area contributed by atoms with Crippen molar-refractivity contribution in [3.63, 3.8) is 0 Å². The molecule has 27 heavy (non-hydrogen) atoms. The van der Waals surface area contributed by atoms with E-state index in [1.807, 2.05) is 30.5 Å². The Labute approximate surface area is 155 Å². The number of hydrogen-bond acceptors (Lipinski definition) is 4. The summed E-state index contributed by atoms with van der Waals surface area (Å²) in [5.41, 5.74) is 6.78. The molecule has 0 aliphatic heterocycles. The van der Waals surface area contributed by atoms with E-state index in [-0.39, 0.29) is 11.3 Å². The van der Waals surface area contributed by atoms with Gasteiger partial charge in [-0.1, -0.05) is 6.07 Å². The molecule has 0 bridgehead atoms. The minimum absolute atomic E-state index is 0.179. The Morgan fingerprint density at radius 3 is 2.63 bits per heavy atom. The second kappa shape index (κ2) is 7.33. The Hall–Kier alpha value is -3.61. The first-order valence-corrected chi connectivity index (χ1v) is 8.29. The zero-order valence-electron chi connectivity index (χ0n) is 15.2. The van der Waals surface area contributed by atoms with Crippen molar-refractivity contribution in [1.29, 1.82) is 0 Å². The minimum Gasteiger partial charge on any atom is -0.478 e. The number of nitrogens with one attached hydrogen (secondary N) is 1. The number of nitrogens with zero attached hydrogens (tertiary/aromatic N) is 2. The molecular formula is C20H19N3O4. The van der Waals surface area contributed by atoms with Crippen molar-refractivity contribution in [3.8, 4) is 5.69 Å². The lowest BCUT2D eigenvalue weighted by Crippen LogP contribution is -2.16. The SMILES string of the molecule is Cc1c(C(=O)O)cccc1-n1c(C)cc(C=NNC(=O)c2ccco2)c1C. The number of carbonyl (C=O) groups is 2. The Kier molecular flexibility index (Phi) is 4.94. The molecule has 2 aromatic heterocycles. The number of aromatic nitrogens is 1. The maximum atomic E-state index is 11.8. The van der Waals surface area contributed by atoms with Crippen LogP contribution in [0.5, 0.6) is 0 Å². The number of hydrogen-bond donors (Lipinski definition) is 2. The van der Waals surface area contributed by atoms with Crippen LogP contribution in [0.3, 0.4) is 0 Å². The smallest absolute Gasteiger partial charge is 0.336 e. The number of hydrazone groups is 1. The highest BCUT2D eigenvalue weighted by Crippen LogP contribution is 2.24. The number of carbonyl (C=O) groups excluding carboxylic acids is 1. The van der Waals surface area contributed by atoms with Crippen LogP contribution < -0.4 is 5.43 Å². The van der Waals surface area contributed by atoms with Gasteiger partial charge in [-0.2, -0.15) is 5.10 Å². The van der Waals surface area contributed by atoms with Crippen molar-refractivity contribution >= 4 is 18.1 Å². The van der Waals surface area contributed by atoms with Gasteiger partial charge in [-0.05, 0) is 56.7 Å².